The number of nitriles is 1. The number of nitrogens with one attached hydrogen (secondary N) is 1. The van der Waals surface area contributed by atoms with Crippen molar-refractivity contribution in [2.45, 2.75) is 63.6 Å². The number of hydrogen-bond donors (Lipinski definition) is 1. The van der Waals surface area contributed by atoms with E-state index in [-0.39, 0.29) is 5.54 Å². The zero-order valence-electron chi connectivity index (χ0n) is 11.4. The first kappa shape index (κ1) is 12.9. The van der Waals surface area contributed by atoms with Crippen LogP contribution in [-0.2, 0) is 0 Å². The molecule has 3 heteroatoms. The summed E-state index contributed by atoms with van der Waals surface area (Å²) in [7, 11) is 2.15. The van der Waals surface area contributed by atoms with Crippen LogP contribution in [0.1, 0.15) is 46.0 Å². The van der Waals surface area contributed by atoms with Gasteiger partial charge < -0.3 is 4.90 Å². The van der Waals surface area contributed by atoms with Gasteiger partial charge in [0, 0.05) is 18.6 Å². The number of hydrogen-bond acceptors (Lipinski definition) is 3. The van der Waals surface area contributed by atoms with E-state index >= 15 is 0 Å². The van der Waals surface area contributed by atoms with E-state index in [0.717, 1.165) is 13.0 Å². The molecule has 1 N–H and O–H groups in total. The third kappa shape index (κ3) is 3.00. The number of rotatable bonds is 7. The average Bonchev–Trinajstić information content (AvgIpc) is 3.16. The summed E-state index contributed by atoms with van der Waals surface area (Å²) in [5.41, 5.74) is -0.278. The van der Waals surface area contributed by atoms with Crippen LogP contribution in [-0.4, -0.2) is 36.1 Å². The van der Waals surface area contributed by atoms with Crippen molar-refractivity contribution in [3.63, 3.8) is 0 Å². The highest BCUT2D eigenvalue weighted by atomic mass is 15.2. The van der Waals surface area contributed by atoms with E-state index in [1.807, 2.05) is 0 Å². The van der Waals surface area contributed by atoms with E-state index in [9.17, 15) is 5.26 Å². The molecular weight excluding hydrogens is 210 g/mol. The molecule has 0 aromatic carbocycles. The Morgan fingerprint density at radius 3 is 2.47 bits per heavy atom. The smallest absolute Gasteiger partial charge is 0.122 e. The predicted octanol–water partition coefficient (Wildman–Crippen LogP) is 2.14. The molecule has 0 aromatic heterocycles. The Hall–Kier alpha value is -0.590. The van der Waals surface area contributed by atoms with Gasteiger partial charge in [0.05, 0.1) is 6.07 Å². The van der Waals surface area contributed by atoms with Gasteiger partial charge in [0.2, 0.25) is 0 Å². The van der Waals surface area contributed by atoms with Crippen molar-refractivity contribution < 1.29 is 0 Å². The molecule has 2 aliphatic rings. The molecule has 2 fully saturated rings. The lowest BCUT2D eigenvalue weighted by Gasteiger charge is -2.35. The minimum atomic E-state index is -0.278. The summed E-state index contributed by atoms with van der Waals surface area (Å²) in [4.78, 5) is 2.34. The Kier molecular flexibility index (Phi) is 3.75. The summed E-state index contributed by atoms with van der Waals surface area (Å²) >= 11 is 0. The molecule has 2 saturated carbocycles. The Bertz CT molecular complexity index is 301. The molecule has 17 heavy (non-hydrogen) atoms. The van der Waals surface area contributed by atoms with Gasteiger partial charge in [-0.15, -0.1) is 0 Å². The predicted molar refractivity (Wildman–Crippen MR) is 69.6 cm³/mol. The van der Waals surface area contributed by atoms with Crippen molar-refractivity contribution in [3.05, 3.63) is 0 Å². The third-order valence-electron chi connectivity index (χ3n) is 4.35. The maximum absolute atomic E-state index is 9.63. The zero-order chi connectivity index (χ0) is 12.5. The highest BCUT2D eigenvalue weighted by Gasteiger charge is 2.48. The van der Waals surface area contributed by atoms with Crippen LogP contribution in [0.15, 0.2) is 0 Å². The lowest BCUT2D eigenvalue weighted by Crippen LogP contribution is -2.55. The molecule has 96 valence electrons. The van der Waals surface area contributed by atoms with Crippen LogP contribution in [0.3, 0.4) is 0 Å². The van der Waals surface area contributed by atoms with Gasteiger partial charge in [-0.25, -0.2) is 0 Å². The average molecular weight is 235 g/mol. The van der Waals surface area contributed by atoms with Gasteiger partial charge in [-0.05, 0) is 52.0 Å². The Labute approximate surface area is 105 Å². The molecule has 2 aliphatic carbocycles. The molecule has 0 bridgehead atoms. The lowest BCUT2D eigenvalue weighted by molar-refractivity contribution is 0.181. The van der Waals surface area contributed by atoms with Crippen LogP contribution in [0.4, 0.5) is 0 Å². The molecule has 0 amide bonds. The first-order valence-electron chi connectivity index (χ1n) is 7.00. The third-order valence-corrected chi connectivity index (χ3v) is 4.35. The summed E-state index contributed by atoms with van der Waals surface area (Å²) in [6.45, 7) is 5.33. The normalized spacial score (nSPS) is 25.4. The maximum Gasteiger partial charge on any atom is 0.122 e. The van der Waals surface area contributed by atoms with Gasteiger partial charge in [-0.1, -0.05) is 6.92 Å². The topological polar surface area (TPSA) is 39.1 Å². The fraction of sp³-hybridized carbons (Fsp3) is 0.929. The quantitative estimate of drug-likeness (QED) is 0.735. The van der Waals surface area contributed by atoms with E-state index in [1.54, 1.807) is 0 Å². The molecule has 0 aliphatic heterocycles. The van der Waals surface area contributed by atoms with E-state index < -0.39 is 0 Å². The Morgan fingerprint density at radius 2 is 2.06 bits per heavy atom. The molecule has 2 rings (SSSR count). The van der Waals surface area contributed by atoms with Crippen molar-refractivity contribution in [2.75, 3.05) is 13.6 Å². The molecule has 2 unspecified atom stereocenters. The highest BCUT2D eigenvalue weighted by Crippen LogP contribution is 2.41. The van der Waals surface area contributed by atoms with Crippen molar-refractivity contribution in [1.29, 1.82) is 5.26 Å². The molecule has 0 radical (unpaired) electrons. The standard InChI is InChI=1S/C14H25N3/c1-4-11(2)17(3)10-14(9-15,12-5-6-12)16-13-7-8-13/h11-13,16H,4-8,10H2,1-3H3. The second kappa shape index (κ2) is 4.96. The summed E-state index contributed by atoms with van der Waals surface area (Å²) in [6, 6.07) is 3.78. The zero-order valence-corrected chi connectivity index (χ0v) is 11.4. The number of likely N-dealkylation sites (N-methyl/N-ethyl adjacent to an activating group) is 1. The second-order valence-corrected chi connectivity index (χ2v) is 5.95. The minimum absolute atomic E-state index is 0.278. The van der Waals surface area contributed by atoms with Gasteiger partial charge in [0.1, 0.15) is 5.54 Å². The lowest BCUT2D eigenvalue weighted by atomic mass is 9.93. The number of nitrogens with zero attached hydrogens (tertiary/aromatic N) is 2. The SMILES string of the molecule is CCC(C)N(C)CC(C#N)(NC1CC1)C1CC1. The second-order valence-electron chi connectivity index (χ2n) is 5.95. The van der Waals surface area contributed by atoms with Crippen LogP contribution in [0.2, 0.25) is 0 Å². The summed E-state index contributed by atoms with van der Waals surface area (Å²) in [5.74, 6) is 0.583. The Balaban J connectivity index is 2.01. The molecular formula is C14H25N3. The van der Waals surface area contributed by atoms with Gasteiger partial charge >= 0.3 is 0 Å². The summed E-state index contributed by atoms with van der Waals surface area (Å²) in [5, 5.41) is 13.3. The van der Waals surface area contributed by atoms with Gasteiger partial charge in [-0.3, -0.25) is 5.32 Å². The maximum atomic E-state index is 9.63. The summed E-state index contributed by atoms with van der Waals surface area (Å²) < 4.78 is 0. The highest BCUT2D eigenvalue weighted by molar-refractivity contribution is 5.18. The van der Waals surface area contributed by atoms with Crippen LogP contribution < -0.4 is 5.32 Å². The van der Waals surface area contributed by atoms with Crippen LogP contribution >= 0.6 is 0 Å². The molecule has 0 spiro atoms. The van der Waals surface area contributed by atoms with Gasteiger partial charge in [0.25, 0.3) is 0 Å². The van der Waals surface area contributed by atoms with Crippen molar-refractivity contribution in [1.82, 2.24) is 10.2 Å². The molecule has 0 saturated heterocycles. The van der Waals surface area contributed by atoms with Crippen LogP contribution in [0, 0.1) is 17.2 Å². The monoisotopic (exact) mass is 235 g/mol. The van der Waals surface area contributed by atoms with Crippen LogP contribution in [0.5, 0.6) is 0 Å². The first-order valence-corrected chi connectivity index (χ1v) is 7.00. The van der Waals surface area contributed by atoms with Gasteiger partial charge in [0.15, 0.2) is 0 Å². The van der Waals surface area contributed by atoms with Crippen molar-refractivity contribution in [2.24, 2.45) is 5.92 Å². The van der Waals surface area contributed by atoms with Crippen molar-refractivity contribution >= 4 is 0 Å². The fourth-order valence-corrected chi connectivity index (χ4v) is 2.48. The molecule has 2 atom stereocenters. The molecule has 0 aromatic rings. The van der Waals surface area contributed by atoms with E-state index in [1.165, 1.54) is 25.7 Å². The van der Waals surface area contributed by atoms with E-state index in [2.05, 4.69) is 37.2 Å². The molecule has 0 heterocycles. The van der Waals surface area contributed by atoms with E-state index in [0.29, 0.717) is 18.0 Å². The van der Waals surface area contributed by atoms with Gasteiger partial charge in [-0.2, -0.15) is 5.26 Å². The molecule has 3 nitrogen and oxygen atoms in total. The Morgan fingerprint density at radius 1 is 1.41 bits per heavy atom. The largest absolute Gasteiger partial charge is 0.301 e. The van der Waals surface area contributed by atoms with Crippen LogP contribution in [0.25, 0.3) is 0 Å². The van der Waals surface area contributed by atoms with E-state index in [4.69, 9.17) is 0 Å². The van der Waals surface area contributed by atoms with Crippen molar-refractivity contribution in [3.8, 4) is 6.07 Å². The fourth-order valence-electron chi connectivity index (χ4n) is 2.48. The minimum Gasteiger partial charge on any atom is -0.301 e. The first-order chi connectivity index (χ1) is 8.11. The summed E-state index contributed by atoms with van der Waals surface area (Å²) in [6.07, 6.45) is 6.10.